The Bertz CT molecular complexity index is 1020. The molecule has 0 spiro atoms. The first-order valence-corrected chi connectivity index (χ1v) is 9.54. The second-order valence-electron chi connectivity index (χ2n) is 6.74. The van der Waals surface area contributed by atoms with Crippen molar-refractivity contribution in [3.8, 4) is 17.0 Å². The zero-order valence-electron chi connectivity index (χ0n) is 16.0. The van der Waals surface area contributed by atoms with E-state index in [9.17, 15) is 9.90 Å². The maximum absolute atomic E-state index is 11.5. The third kappa shape index (κ3) is 4.18. The average molecular weight is 395 g/mol. The third-order valence-corrected chi connectivity index (χ3v) is 4.80. The summed E-state index contributed by atoms with van der Waals surface area (Å²) in [4.78, 5) is 24.6. The highest BCUT2D eigenvalue weighted by atomic mass is 16.5. The van der Waals surface area contributed by atoms with Crippen LogP contribution >= 0.6 is 0 Å². The molecular formula is C20H21N5O4. The highest BCUT2D eigenvalue weighted by molar-refractivity contribution is 5.92. The summed E-state index contributed by atoms with van der Waals surface area (Å²) in [5.74, 6) is 1.30. The van der Waals surface area contributed by atoms with Gasteiger partial charge in [0.15, 0.2) is 5.82 Å². The topological polar surface area (TPSA) is 123 Å². The number of benzene rings is 1. The number of hydrogen-bond acceptors (Lipinski definition) is 8. The predicted octanol–water partition coefficient (Wildman–Crippen LogP) is 3.50. The monoisotopic (exact) mass is 395 g/mol. The van der Waals surface area contributed by atoms with Gasteiger partial charge in [-0.25, -0.2) is 14.8 Å². The van der Waals surface area contributed by atoms with Crippen LogP contribution in [0.25, 0.3) is 11.3 Å². The average Bonchev–Trinajstić information content (AvgIpc) is 3.14. The Hall–Kier alpha value is -3.49. The molecule has 1 aliphatic carbocycles. The van der Waals surface area contributed by atoms with Crippen molar-refractivity contribution in [3.63, 3.8) is 0 Å². The molecule has 2 heterocycles. The molecule has 0 saturated heterocycles. The molecule has 1 fully saturated rings. The van der Waals surface area contributed by atoms with E-state index in [0.717, 1.165) is 12.8 Å². The van der Waals surface area contributed by atoms with E-state index in [0.29, 0.717) is 53.7 Å². The van der Waals surface area contributed by atoms with E-state index >= 15 is 0 Å². The molecule has 1 saturated carbocycles. The van der Waals surface area contributed by atoms with Gasteiger partial charge in [0, 0.05) is 17.7 Å². The Labute approximate surface area is 167 Å². The van der Waals surface area contributed by atoms with Gasteiger partial charge in [-0.15, -0.1) is 0 Å². The number of carbonyl (C=O) groups is 1. The van der Waals surface area contributed by atoms with E-state index in [1.165, 1.54) is 6.42 Å². The van der Waals surface area contributed by atoms with E-state index in [1.807, 2.05) is 0 Å². The molecule has 0 aliphatic heterocycles. The lowest BCUT2D eigenvalue weighted by Gasteiger charge is -2.20. The minimum Gasteiger partial charge on any atom is -0.493 e. The molecule has 2 aromatic heterocycles. The van der Waals surface area contributed by atoms with Crippen molar-refractivity contribution < 1.29 is 19.2 Å². The summed E-state index contributed by atoms with van der Waals surface area (Å²) in [7, 11) is 0. The van der Waals surface area contributed by atoms with Crippen LogP contribution in [0, 0.1) is 0 Å². The Balaban J connectivity index is 1.49. The van der Waals surface area contributed by atoms with Crippen LogP contribution < -0.4 is 10.1 Å². The lowest BCUT2D eigenvalue weighted by molar-refractivity contribution is 0.0692. The van der Waals surface area contributed by atoms with Crippen LogP contribution in [0.15, 0.2) is 35.0 Å². The van der Waals surface area contributed by atoms with Crippen LogP contribution in [0.3, 0.4) is 0 Å². The summed E-state index contributed by atoms with van der Waals surface area (Å²) in [6, 6.07) is 6.67. The fraction of sp³-hybridized carbons (Fsp3) is 0.350. The number of nitrogens with one attached hydrogen (secondary N) is 1. The van der Waals surface area contributed by atoms with Gasteiger partial charge in [-0.2, -0.15) is 4.98 Å². The van der Waals surface area contributed by atoms with Crippen molar-refractivity contribution in [2.75, 3.05) is 11.9 Å². The van der Waals surface area contributed by atoms with Gasteiger partial charge in [-0.05, 0) is 44.0 Å². The molecule has 0 bridgehead atoms. The van der Waals surface area contributed by atoms with Gasteiger partial charge in [0.05, 0.1) is 18.8 Å². The molecule has 4 rings (SSSR count). The predicted molar refractivity (Wildman–Crippen MR) is 104 cm³/mol. The van der Waals surface area contributed by atoms with E-state index in [2.05, 4.69) is 25.4 Å². The molecule has 2 N–H and O–H groups in total. The van der Waals surface area contributed by atoms with Crippen LogP contribution in [-0.4, -0.2) is 37.8 Å². The number of ether oxygens (including phenoxy) is 1. The van der Waals surface area contributed by atoms with Gasteiger partial charge >= 0.3 is 5.97 Å². The molecule has 0 atom stereocenters. The van der Waals surface area contributed by atoms with Crippen LogP contribution in [0.2, 0.25) is 0 Å². The molecule has 0 radical (unpaired) electrons. The van der Waals surface area contributed by atoms with E-state index in [4.69, 9.17) is 9.26 Å². The molecule has 29 heavy (non-hydrogen) atoms. The Morgan fingerprint density at radius 1 is 1.31 bits per heavy atom. The SMILES string of the molecule is CCOc1ccc(-c2ccnc(NCc3noc(C4CCC4)n3)n2)cc1C(=O)O. The number of carboxylic acid groups (broad SMARTS) is 1. The van der Waals surface area contributed by atoms with Gasteiger partial charge in [-0.1, -0.05) is 11.6 Å². The fourth-order valence-corrected chi connectivity index (χ4v) is 3.06. The molecule has 1 aromatic carbocycles. The molecule has 9 heteroatoms. The van der Waals surface area contributed by atoms with Crippen molar-refractivity contribution in [3.05, 3.63) is 47.7 Å². The van der Waals surface area contributed by atoms with E-state index < -0.39 is 5.97 Å². The second kappa shape index (κ2) is 8.26. The number of aromatic nitrogens is 4. The maximum Gasteiger partial charge on any atom is 0.339 e. The highest BCUT2D eigenvalue weighted by Gasteiger charge is 2.25. The molecule has 1 aliphatic rings. The summed E-state index contributed by atoms with van der Waals surface area (Å²) in [6.45, 7) is 2.53. The molecular weight excluding hydrogens is 374 g/mol. The maximum atomic E-state index is 11.5. The minimum atomic E-state index is -1.05. The van der Waals surface area contributed by atoms with Crippen LogP contribution in [0.5, 0.6) is 5.75 Å². The lowest BCUT2D eigenvalue weighted by atomic mass is 9.85. The summed E-state index contributed by atoms with van der Waals surface area (Å²) in [5, 5.41) is 16.5. The van der Waals surface area contributed by atoms with Gasteiger partial charge in [0.1, 0.15) is 11.3 Å². The molecule has 0 amide bonds. The largest absolute Gasteiger partial charge is 0.493 e. The van der Waals surface area contributed by atoms with Gasteiger partial charge < -0.3 is 19.7 Å². The van der Waals surface area contributed by atoms with Crippen molar-refractivity contribution in [1.82, 2.24) is 20.1 Å². The summed E-state index contributed by atoms with van der Waals surface area (Å²) in [6.07, 6.45) is 5.01. The zero-order chi connectivity index (χ0) is 20.2. The first-order chi connectivity index (χ1) is 14.1. The standard InChI is InChI=1S/C20H21N5O4/c1-2-28-16-7-6-13(10-14(16)19(26)27)15-8-9-21-20(23-15)22-11-17-24-18(29-25-17)12-4-3-5-12/h6-10,12H,2-5,11H2,1H3,(H,26,27)(H,21,22,23). The lowest BCUT2D eigenvalue weighted by Crippen LogP contribution is -2.09. The molecule has 3 aromatic rings. The van der Waals surface area contributed by atoms with Gasteiger partial charge in [0.2, 0.25) is 11.8 Å². The molecule has 0 unspecified atom stereocenters. The second-order valence-corrected chi connectivity index (χ2v) is 6.74. The number of hydrogen-bond donors (Lipinski definition) is 2. The number of rotatable bonds is 8. The highest BCUT2D eigenvalue weighted by Crippen LogP contribution is 2.35. The van der Waals surface area contributed by atoms with E-state index in [-0.39, 0.29) is 5.56 Å². The minimum absolute atomic E-state index is 0.0905. The quantitative estimate of drug-likeness (QED) is 0.589. The van der Waals surface area contributed by atoms with Crippen LogP contribution in [0.4, 0.5) is 5.95 Å². The van der Waals surface area contributed by atoms with Crippen molar-refractivity contribution >= 4 is 11.9 Å². The first-order valence-electron chi connectivity index (χ1n) is 9.54. The smallest absolute Gasteiger partial charge is 0.339 e. The Morgan fingerprint density at radius 3 is 2.90 bits per heavy atom. The van der Waals surface area contributed by atoms with Crippen molar-refractivity contribution in [2.45, 2.75) is 38.6 Å². The molecule has 9 nitrogen and oxygen atoms in total. The Morgan fingerprint density at radius 2 is 2.17 bits per heavy atom. The third-order valence-electron chi connectivity index (χ3n) is 4.80. The zero-order valence-corrected chi connectivity index (χ0v) is 16.0. The summed E-state index contributed by atoms with van der Waals surface area (Å²) >= 11 is 0. The number of aromatic carboxylic acids is 1. The number of nitrogens with zero attached hydrogens (tertiary/aromatic N) is 4. The van der Waals surface area contributed by atoms with Gasteiger partial charge in [0.25, 0.3) is 0 Å². The normalized spacial score (nSPS) is 13.7. The van der Waals surface area contributed by atoms with E-state index in [1.54, 1.807) is 37.4 Å². The van der Waals surface area contributed by atoms with Crippen molar-refractivity contribution in [2.24, 2.45) is 0 Å². The van der Waals surface area contributed by atoms with Crippen LogP contribution in [0.1, 0.15) is 54.2 Å². The Kier molecular flexibility index (Phi) is 5.37. The first kappa shape index (κ1) is 18.9. The summed E-state index contributed by atoms with van der Waals surface area (Å²) < 4.78 is 10.7. The molecule has 150 valence electrons. The fourth-order valence-electron chi connectivity index (χ4n) is 3.06. The van der Waals surface area contributed by atoms with Crippen molar-refractivity contribution in [1.29, 1.82) is 0 Å². The number of anilines is 1. The number of carboxylic acids is 1. The van der Waals surface area contributed by atoms with Crippen LogP contribution in [-0.2, 0) is 6.54 Å². The van der Waals surface area contributed by atoms with Gasteiger partial charge in [-0.3, -0.25) is 0 Å². The summed E-state index contributed by atoms with van der Waals surface area (Å²) in [5.41, 5.74) is 1.34.